The second-order valence-electron chi connectivity index (χ2n) is 13.7. The highest BCUT2D eigenvalue weighted by molar-refractivity contribution is 8.00. The Balaban J connectivity index is 1.10. The van der Waals surface area contributed by atoms with Crippen LogP contribution in [0, 0.1) is 35.5 Å². The number of fused-ring (bicyclic) bond motifs is 3. The van der Waals surface area contributed by atoms with Crippen molar-refractivity contribution in [3.8, 4) is 0 Å². The van der Waals surface area contributed by atoms with Crippen LogP contribution in [-0.4, -0.2) is 35.3 Å². The number of rotatable bonds is 6. The zero-order chi connectivity index (χ0) is 23.5. The van der Waals surface area contributed by atoms with Crippen molar-refractivity contribution in [1.29, 1.82) is 0 Å². The lowest BCUT2D eigenvalue weighted by Gasteiger charge is -2.47. The molecule has 0 radical (unpaired) electrons. The van der Waals surface area contributed by atoms with Gasteiger partial charge in [-0.15, -0.1) is 0 Å². The van der Waals surface area contributed by atoms with Crippen molar-refractivity contribution in [2.45, 2.75) is 151 Å². The average Bonchev–Trinajstić information content (AvgIpc) is 3.30. The third-order valence-corrected chi connectivity index (χ3v) is 13.4. The molecule has 1 heterocycles. The van der Waals surface area contributed by atoms with E-state index in [1.54, 1.807) is 12.8 Å². The zero-order valence-corrected chi connectivity index (χ0v) is 23.4. The summed E-state index contributed by atoms with van der Waals surface area (Å²) in [6, 6.07) is 1.57. The van der Waals surface area contributed by atoms with E-state index in [0.29, 0.717) is 0 Å². The van der Waals surface area contributed by atoms with Gasteiger partial charge in [0.15, 0.2) is 0 Å². The lowest BCUT2D eigenvalue weighted by atomic mass is 9.64. The lowest BCUT2D eigenvalue weighted by molar-refractivity contribution is 0.0929. The zero-order valence-electron chi connectivity index (χ0n) is 22.6. The maximum absolute atomic E-state index is 5.03. The molecule has 3 heteroatoms. The number of thioether (sulfide) groups is 1. The van der Waals surface area contributed by atoms with Gasteiger partial charge in [0.1, 0.15) is 0 Å². The van der Waals surface area contributed by atoms with Crippen LogP contribution in [0.2, 0.25) is 0 Å². The molecular formula is C32H54N2S. The van der Waals surface area contributed by atoms with Crippen molar-refractivity contribution >= 4 is 18.0 Å². The number of nitrogens with zero attached hydrogens (tertiary/aromatic N) is 1. The number of nitrogens with one attached hydrogen (secondary N) is 1. The Labute approximate surface area is 221 Å². The van der Waals surface area contributed by atoms with E-state index in [1.165, 1.54) is 116 Å². The molecule has 5 saturated carbocycles. The predicted octanol–water partition coefficient (Wildman–Crippen LogP) is 8.44. The SMILES string of the molecule is C(=NCC1CCCC(NC2C(C3CCCCC3)CCC3C4CCCCC4SC32)C1)C1CCCCC1. The summed E-state index contributed by atoms with van der Waals surface area (Å²) < 4.78 is 0. The normalized spacial score (nSPS) is 43.8. The van der Waals surface area contributed by atoms with Crippen LogP contribution < -0.4 is 5.32 Å². The van der Waals surface area contributed by atoms with Gasteiger partial charge in [0.05, 0.1) is 0 Å². The molecule has 198 valence electrons. The average molecular weight is 499 g/mol. The fourth-order valence-electron chi connectivity index (χ4n) is 9.70. The van der Waals surface area contributed by atoms with Gasteiger partial charge < -0.3 is 5.32 Å². The molecule has 8 unspecified atom stereocenters. The van der Waals surface area contributed by atoms with Crippen LogP contribution >= 0.6 is 11.8 Å². The van der Waals surface area contributed by atoms with Gasteiger partial charge in [0, 0.05) is 35.3 Å². The monoisotopic (exact) mass is 498 g/mol. The highest BCUT2D eigenvalue weighted by atomic mass is 32.2. The predicted molar refractivity (Wildman–Crippen MR) is 153 cm³/mol. The van der Waals surface area contributed by atoms with Gasteiger partial charge in [0.25, 0.3) is 0 Å². The molecule has 0 aromatic carbocycles. The molecule has 6 fully saturated rings. The van der Waals surface area contributed by atoms with Crippen molar-refractivity contribution in [2.24, 2.45) is 40.5 Å². The fourth-order valence-corrected chi connectivity index (χ4v) is 11.9. The Morgan fingerprint density at radius 1 is 0.657 bits per heavy atom. The van der Waals surface area contributed by atoms with E-state index < -0.39 is 0 Å². The molecule has 6 rings (SSSR count). The Kier molecular flexibility index (Phi) is 8.83. The van der Waals surface area contributed by atoms with Gasteiger partial charge in [-0.1, -0.05) is 70.6 Å². The van der Waals surface area contributed by atoms with E-state index in [2.05, 4.69) is 23.3 Å². The van der Waals surface area contributed by atoms with E-state index in [0.717, 1.165) is 64.6 Å². The molecule has 0 aromatic rings. The van der Waals surface area contributed by atoms with Gasteiger partial charge >= 0.3 is 0 Å². The standard InChI is InChI=1S/C32H54N2S/c1-3-10-23(11-4-1)21-33-22-24-12-9-15-26(20-24)34-31-27(25-13-5-2-6-14-25)18-19-29-28-16-7-8-17-30(28)35-32(29)31/h21,23-32,34H,1-20,22H2. The summed E-state index contributed by atoms with van der Waals surface area (Å²) in [5.74, 6) is 5.69. The van der Waals surface area contributed by atoms with Crippen molar-refractivity contribution in [3.05, 3.63) is 0 Å². The topological polar surface area (TPSA) is 24.4 Å². The smallest absolute Gasteiger partial charge is 0.0414 e. The maximum Gasteiger partial charge on any atom is 0.0414 e. The Hall–Kier alpha value is -0.0200. The first-order valence-electron chi connectivity index (χ1n) is 16.3. The second kappa shape index (κ2) is 12.2. The van der Waals surface area contributed by atoms with Crippen LogP contribution in [0.3, 0.4) is 0 Å². The van der Waals surface area contributed by atoms with Crippen molar-refractivity contribution in [2.75, 3.05) is 6.54 Å². The highest BCUT2D eigenvalue weighted by Gasteiger charge is 2.52. The first kappa shape index (κ1) is 25.3. The number of hydrogen-bond donors (Lipinski definition) is 1. The van der Waals surface area contributed by atoms with Crippen molar-refractivity contribution < 1.29 is 0 Å². The minimum absolute atomic E-state index is 0.761. The Bertz CT molecular complexity index is 681. The van der Waals surface area contributed by atoms with Crippen LogP contribution in [0.1, 0.15) is 128 Å². The van der Waals surface area contributed by atoms with Gasteiger partial charge in [-0.2, -0.15) is 11.8 Å². The van der Waals surface area contributed by atoms with E-state index in [-0.39, 0.29) is 0 Å². The summed E-state index contributed by atoms with van der Waals surface area (Å²) in [5.41, 5.74) is 0. The summed E-state index contributed by atoms with van der Waals surface area (Å²) in [7, 11) is 0. The van der Waals surface area contributed by atoms with Crippen LogP contribution in [0.5, 0.6) is 0 Å². The maximum atomic E-state index is 5.03. The van der Waals surface area contributed by atoms with Crippen LogP contribution in [0.4, 0.5) is 0 Å². The van der Waals surface area contributed by atoms with E-state index in [4.69, 9.17) is 4.99 Å². The van der Waals surface area contributed by atoms with Crippen molar-refractivity contribution in [1.82, 2.24) is 5.32 Å². The van der Waals surface area contributed by atoms with E-state index >= 15 is 0 Å². The fraction of sp³-hybridized carbons (Fsp3) is 0.969. The van der Waals surface area contributed by atoms with E-state index in [1.807, 2.05) is 0 Å². The molecule has 0 bridgehead atoms. The summed E-state index contributed by atoms with van der Waals surface area (Å²) in [6.07, 6.45) is 31.9. The van der Waals surface area contributed by atoms with Gasteiger partial charge in [0.2, 0.25) is 0 Å². The molecule has 1 N–H and O–H groups in total. The number of aliphatic imine (C=N–C) groups is 1. The number of hydrogen-bond acceptors (Lipinski definition) is 3. The molecule has 1 saturated heterocycles. The molecule has 35 heavy (non-hydrogen) atoms. The molecule has 2 nitrogen and oxygen atoms in total. The van der Waals surface area contributed by atoms with Crippen molar-refractivity contribution in [3.63, 3.8) is 0 Å². The molecule has 5 aliphatic carbocycles. The third-order valence-electron chi connectivity index (χ3n) is 11.5. The molecular weight excluding hydrogens is 444 g/mol. The Morgan fingerprint density at radius 3 is 2.26 bits per heavy atom. The molecule has 0 spiro atoms. The molecule has 6 aliphatic rings. The third kappa shape index (κ3) is 6.02. The summed E-state index contributed by atoms with van der Waals surface area (Å²) in [6.45, 7) is 1.11. The quantitative estimate of drug-likeness (QED) is 0.372. The summed E-state index contributed by atoms with van der Waals surface area (Å²) in [5, 5.41) is 6.41. The molecule has 8 atom stereocenters. The molecule has 1 aliphatic heterocycles. The van der Waals surface area contributed by atoms with Crippen LogP contribution in [-0.2, 0) is 0 Å². The van der Waals surface area contributed by atoms with Crippen LogP contribution in [0.25, 0.3) is 0 Å². The molecule has 0 amide bonds. The van der Waals surface area contributed by atoms with Gasteiger partial charge in [-0.05, 0) is 93.3 Å². The first-order chi connectivity index (χ1) is 17.3. The second-order valence-corrected chi connectivity index (χ2v) is 15.1. The van der Waals surface area contributed by atoms with Crippen LogP contribution in [0.15, 0.2) is 4.99 Å². The first-order valence-corrected chi connectivity index (χ1v) is 17.2. The van der Waals surface area contributed by atoms with Gasteiger partial charge in [-0.25, -0.2) is 0 Å². The summed E-state index contributed by atoms with van der Waals surface area (Å²) in [4.78, 5) is 5.03. The minimum Gasteiger partial charge on any atom is -0.310 e. The highest BCUT2D eigenvalue weighted by Crippen LogP contribution is 2.57. The minimum atomic E-state index is 0.761. The summed E-state index contributed by atoms with van der Waals surface area (Å²) >= 11 is 2.49. The lowest BCUT2D eigenvalue weighted by Crippen LogP contribution is -2.55. The largest absolute Gasteiger partial charge is 0.310 e. The Morgan fingerprint density at radius 2 is 1.40 bits per heavy atom. The molecule has 0 aromatic heterocycles. The van der Waals surface area contributed by atoms with E-state index in [9.17, 15) is 0 Å². The van der Waals surface area contributed by atoms with Gasteiger partial charge in [-0.3, -0.25) is 4.99 Å².